The molecule has 3 rings (SSSR count). The molecule has 0 bridgehead atoms. The minimum atomic E-state index is -0.984. The Morgan fingerprint density at radius 3 is 2.68 bits per heavy atom. The minimum Gasteiger partial charge on any atom is -0.389 e. The van der Waals surface area contributed by atoms with Crippen LogP contribution in [0, 0.1) is 0 Å². The molecule has 6 N–H and O–H groups in total. The summed E-state index contributed by atoms with van der Waals surface area (Å²) in [6.45, 7) is 0. The van der Waals surface area contributed by atoms with Crippen molar-refractivity contribution in [2.24, 2.45) is 5.73 Å². The zero-order valence-electron chi connectivity index (χ0n) is 9.81. The second kappa shape index (κ2) is 4.27. The van der Waals surface area contributed by atoms with Crippen molar-refractivity contribution < 1.29 is 10.2 Å². The Balaban J connectivity index is 2.11. The topological polar surface area (TPSA) is 136 Å². The van der Waals surface area contributed by atoms with Crippen LogP contribution in [0.25, 0.3) is 11.2 Å². The lowest BCUT2D eigenvalue weighted by Gasteiger charge is -2.17. The fraction of sp³-hybridized carbons (Fsp3) is 0.500. The van der Waals surface area contributed by atoms with Crippen LogP contribution < -0.4 is 11.5 Å². The summed E-state index contributed by atoms with van der Waals surface area (Å²) in [4.78, 5) is 12.0. The van der Waals surface area contributed by atoms with E-state index in [9.17, 15) is 10.2 Å². The van der Waals surface area contributed by atoms with Crippen LogP contribution in [0.4, 0.5) is 5.82 Å². The highest BCUT2D eigenvalue weighted by Gasteiger charge is 2.41. The van der Waals surface area contributed by atoms with Crippen molar-refractivity contribution in [2.45, 2.75) is 30.7 Å². The van der Waals surface area contributed by atoms with E-state index in [2.05, 4.69) is 15.0 Å². The summed E-state index contributed by atoms with van der Waals surface area (Å²) in [5.74, 6) is 0.172. The van der Waals surface area contributed by atoms with Crippen LogP contribution in [-0.4, -0.2) is 48.0 Å². The van der Waals surface area contributed by atoms with Crippen molar-refractivity contribution in [2.75, 3.05) is 5.73 Å². The average molecular weight is 285 g/mol. The zero-order chi connectivity index (χ0) is 13.7. The van der Waals surface area contributed by atoms with Crippen LogP contribution in [0.5, 0.6) is 0 Å². The molecule has 0 aliphatic heterocycles. The Morgan fingerprint density at radius 1 is 1.32 bits per heavy atom. The molecule has 19 heavy (non-hydrogen) atoms. The second-order valence-electron chi connectivity index (χ2n) is 4.65. The number of nitrogens with two attached hydrogens (primary N) is 2. The van der Waals surface area contributed by atoms with E-state index in [4.69, 9.17) is 23.1 Å². The number of halogens is 1. The Hall–Kier alpha value is -1.48. The van der Waals surface area contributed by atoms with Gasteiger partial charge in [-0.1, -0.05) is 0 Å². The molecule has 2 aromatic heterocycles. The van der Waals surface area contributed by atoms with E-state index in [0.717, 1.165) is 0 Å². The lowest BCUT2D eigenvalue weighted by atomic mass is 10.2. The number of anilines is 1. The lowest BCUT2D eigenvalue weighted by Crippen LogP contribution is -2.35. The van der Waals surface area contributed by atoms with Gasteiger partial charge in [0, 0.05) is 6.04 Å². The highest BCUT2D eigenvalue weighted by Crippen LogP contribution is 2.32. The fourth-order valence-electron chi connectivity index (χ4n) is 2.47. The number of imidazole rings is 1. The molecule has 4 atom stereocenters. The number of rotatable bonds is 1. The SMILES string of the molecule is Nc1nc(Cl)nc2c1ncn2C1C[C@H](N)[C@@H](O)[C@H]1O. The molecular formula is C10H13ClN6O2. The van der Waals surface area contributed by atoms with Gasteiger partial charge in [-0.15, -0.1) is 0 Å². The molecule has 0 amide bonds. The zero-order valence-corrected chi connectivity index (χ0v) is 10.6. The molecule has 8 nitrogen and oxygen atoms in total. The fourth-order valence-corrected chi connectivity index (χ4v) is 2.64. The van der Waals surface area contributed by atoms with Crippen molar-refractivity contribution in [1.29, 1.82) is 0 Å². The summed E-state index contributed by atoms with van der Waals surface area (Å²) in [5.41, 5.74) is 12.3. The molecule has 1 aliphatic rings. The molecule has 2 heterocycles. The molecule has 2 aromatic rings. The van der Waals surface area contributed by atoms with Crippen molar-refractivity contribution in [3.63, 3.8) is 0 Å². The van der Waals surface area contributed by atoms with E-state index in [1.165, 1.54) is 6.33 Å². The summed E-state index contributed by atoms with van der Waals surface area (Å²) in [6, 6.07) is -0.910. The summed E-state index contributed by atoms with van der Waals surface area (Å²) < 4.78 is 1.62. The Morgan fingerprint density at radius 2 is 2.05 bits per heavy atom. The maximum absolute atomic E-state index is 10.0. The van der Waals surface area contributed by atoms with E-state index in [1.807, 2.05) is 0 Å². The Bertz CT molecular complexity index is 632. The molecule has 102 valence electrons. The Kier molecular flexibility index (Phi) is 2.82. The third-order valence-electron chi connectivity index (χ3n) is 3.47. The average Bonchev–Trinajstić information content (AvgIpc) is 2.86. The van der Waals surface area contributed by atoms with Crippen molar-refractivity contribution in [3.05, 3.63) is 11.6 Å². The lowest BCUT2D eigenvalue weighted by molar-refractivity contribution is 0.0187. The molecule has 0 spiro atoms. The normalized spacial score (nSPS) is 31.2. The van der Waals surface area contributed by atoms with Gasteiger partial charge >= 0.3 is 0 Å². The van der Waals surface area contributed by atoms with Gasteiger partial charge in [0.2, 0.25) is 5.28 Å². The van der Waals surface area contributed by atoms with E-state index in [0.29, 0.717) is 17.6 Å². The first-order valence-electron chi connectivity index (χ1n) is 5.76. The predicted molar refractivity (Wildman–Crippen MR) is 68.4 cm³/mol. The van der Waals surface area contributed by atoms with Gasteiger partial charge in [0.1, 0.15) is 11.6 Å². The molecular weight excluding hydrogens is 272 g/mol. The van der Waals surface area contributed by atoms with Crippen molar-refractivity contribution >= 4 is 28.6 Å². The predicted octanol–water partition coefficient (Wildman–Crippen LogP) is -0.944. The number of aliphatic hydroxyl groups is 2. The number of aromatic nitrogens is 4. The van der Waals surface area contributed by atoms with Gasteiger partial charge in [-0.25, -0.2) is 4.98 Å². The number of hydrogen-bond acceptors (Lipinski definition) is 7. The molecule has 0 radical (unpaired) electrons. The molecule has 1 fully saturated rings. The number of fused-ring (bicyclic) bond motifs is 1. The van der Waals surface area contributed by atoms with Gasteiger partial charge in [0.25, 0.3) is 0 Å². The summed E-state index contributed by atoms with van der Waals surface area (Å²) in [7, 11) is 0. The molecule has 0 saturated heterocycles. The van der Waals surface area contributed by atoms with Gasteiger partial charge in [-0.3, -0.25) is 0 Å². The third-order valence-corrected chi connectivity index (χ3v) is 3.64. The van der Waals surface area contributed by atoms with Gasteiger partial charge in [-0.05, 0) is 18.0 Å². The first kappa shape index (κ1) is 12.5. The van der Waals surface area contributed by atoms with Crippen molar-refractivity contribution in [3.8, 4) is 0 Å². The first-order valence-corrected chi connectivity index (χ1v) is 6.14. The Labute approximate surface area is 113 Å². The maximum atomic E-state index is 10.0. The maximum Gasteiger partial charge on any atom is 0.226 e. The quantitative estimate of drug-likeness (QED) is 0.496. The molecule has 1 saturated carbocycles. The van der Waals surface area contributed by atoms with Gasteiger partial charge in [-0.2, -0.15) is 9.97 Å². The van der Waals surface area contributed by atoms with Gasteiger partial charge in [0.05, 0.1) is 18.5 Å². The first-order chi connectivity index (χ1) is 8.99. The summed E-state index contributed by atoms with van der Waals surface area (Å²) in [5, 5.41) is 19.7. The molecule has 0 aromatic carbocycles. The van der Waals surface area contributed by atoms with Crippen LogP contribution in [0.2, 0.25) is 5.28 Å². The number of hydrogen-bond donors (Lipinski definition) is 4. The van der Waals surface area contributed by atoms with Crippen LogP contribution in [0.1, 0.15) is 12.5 Å². The van der Waals surface area contributed by atoms with Crippen LogP contribution in [0.3, 0.4) is 0 Å². The van der Waals surface area contributed by atoms with Crippen LogP contribution >= 0.6 is 11.6 Å². The smallest absolute Gasteiger partial charge is 0.226 e. The van der Waals surface area contributed by atoms with Crippen LogP contribution in [-0.2, 0) is 0 Å². The number of nitrogens with zero attached hydrogens (tertiary/aromatic N) is 4. The van der Waals surface area contributed by atoms with E-state index >= 15 is 0 Å². The minimum absolute atomic E-state index is 0.00378. The highest BCUT2D eigenvalue weighted by atomic mass is 35.5. The third kappa shape index (κ3) is 1.84. The van der Waals surface area contributed by atoms with E-state index < -0.39 is 24.3 Å². The molecule has 1 aliphatic carbocycles. The highest BCUT2D eigenvalue weighted by molar-refractivity contribution is 6.28. The number of aliphatic hydroxyl groups excluding tert-OH is 2. The molecule has 9 heteroatoms. The van der Waals surface area contributed by atoms with Gasteiger partial charge < -0.3 is 26.2 Å². The van der Waals surface area contributed by atoms with Gasteiger partial charge in [0.15, 0.2) is 11.5 Å². The van der Waals surface area contributed by atoms with E-state index in [1.54, 1.807) is 4.57 Å². The summed E-state index contributed by atoms with van der Waals surface area (Å²) in [6.07, 6.45) is -0.0560. The second-order valence-corrected chi connectivity index (χ2v) is 4.99. The monoisotopic (exact) mass is 284 g/mol. The van der Waals surface area contributed by atoms with Crippen molar-refractivity contribution in [1.82, 2.24) is 19.5 Å². The largest absolute Gasteiger partial charge is 0.389 e. The van der Waals surface area contributed by atoms with E-state index in [-0.39, 0.29) is 11.1 Å². The summed E-state index contributed by atoms with van der Waals surface area (Å²) >= 11 is 5.77. The van der Waals surface area contributed by atoms with Crippen LogP contribution in [0.15, 0.2) is 6.33 Å². The molecule has 1 unspecified atom stereocenters. The number of nitrogen functional groups attached to an aromatic ring is 1. The standard InChI is InChI=1S/C10H13ClN6O2/c11-10-15-8(13)5-9(16-10)17(2-14-5)4-1-3(12)6(18)7(4)19/h2-4,6-7,18-19H,1,12H2,(H2,13,15,16)/t3-,4?,6+,7-/m0/s1.